The zero-order chi connectivity index (χ0) is 14.7. The van der Waals surface area contributed by atoms with Gasteiger partial charge < -0.3 is 0 Å². The van der Waals surface area contributed by atoms with Crippen LogP contribution in [-0.4, -0.2) is 19.6 Å². The Morgan fingerprint density at radius 1 is 0.950 bits per heavy atom. The molecule has 4 heteroatoms. The van der Waals surface area contributed by atoms with E-state index in [1.54, 1.807) is 0 Å². The molecular formula is C16H26N4. The van der Waals surface area contributed by atoms with Crippen molar-refractivity contribution in [3.8, 4) is 0 Å². The summed E-state index contributed by atoms with van der Waals surface area (Å²) in [5.41, 5.74) is 2.66. The molecule has 0 amide bonds. The molecule has 0 spiro atoms. The molecule has 4 nitrogen and oxygen atoms in total. The largest absolute Gasteiger partial charge is 0.276 e. The minimum atomic E-state index is 0.596. The number of rotatable bonds is 3. The van der Waals surface area contributed by atoms with E-state index in [9.17, 15) is 0 Å². The van der Waals surface area contributed by atoms with Crippen LogP contribution < -0.4 is 0 Å². The van der Waals surface area contributed by atoms with Gasteiger partial charge in [0.1, 0.15) is 0 Å². The second-order valence-electron chi connectivity index (χ2n) is 6.24. The fraction of sp³-hybridized carbons (Fsp3) is 0.625. The molecule has 0 unspecified atom stereocenters. The van der Waals surface area contributed by atoms with Gasteiger partial charge in [0.15, 0.2) is 0 Å². The lowest BCUT2D eigenvalue weighted by molar-refractivity contribution is 0.640. The highest BCUT2D eigenvalue weighted by Gasteiger charge is 2.24. The summed E-state index contributed by atoms with van der Waals surface area (Å²) in [6.07, 6.45) is 10.8. The molecule has 20 heavy (non-hydrogen) atoms. The van der Waals surface area contributed by atoms with E-state index in [-0.39, 0.29) is 0 Å². The van der Waals surface area contributed by atoms with Gasteiger partial charge in [0, 0.05) is 19.4 Å². The Kier molecular flexibility index (Phi) is 4.63. The van der Waals surface area contributed by atoms with E-state index in [2.05, 4.69) is 48.8 Å². The van der Waals surface area contributed by atoms with Crippen LogP contribution in [0.4, 0.5) is 0 Å². The Labute approximate surface area is 121 Å². The van der Waals surface area contributed by atoms with E-state index in [0.29, 0.717) is 11.8 Å². The first-order chi connectivity index (χ1) is 9.47. The fourth-order valence-electron chi connectivity index (χ4n) is 1.93. The van der Waals surface area contributed by atoms with Crippen molar-refractivity contribution in [1.29, 1.82) is 0 Å². The van der Waals surface area contributed by atoms with Crippen molar-refractivity contribution in [2.75, 3.05) is 0 Å². The lowest BCUT2D eigenvalue weighted by Gasteiger charge is -1.97. The van der Waals surface area contributed by atoms with Crippen molar-refractivity contribution in [3.63, 3.8) is 0 Å². The molecule has 0 saturated heterocycles. The van der Waals surface area contributed by atoms with Gasteiger partial charge in [0.2, 0.25) is 0 Å². The summed E-state index contributed by atoms with van der Waals surface area (Å²) in [5.74, 6) is 1.21. The maximum Gasteiger partial charge on any atom is 0.0524 e. The lowest BCUT2D eigenvalue weighted by atomic mass is 10.1. The van der Waals surface area contributed by atoms with E-state index < -0.39 is 0 Å². The second kappa shape index (κ2) is 6.25. The molecule has 0 N–H and O–H groups in total. The van der Waals surface area contributed by atoms with Crippen LogP contribution in [0.3, 0.4) is 0 Å². The molecule has 1 fully saturated rings. The van der Waals surface area contributed by atoms with Crippen LogP contribution in [0.5, 0.6) is 0 Å². The molecule has 1 aliphatic carbocycles. The summed E-state index contributed by atoms with van der Waals surface area (Å²) in [6, 6.07) is 0.725. The number of aryl methyl sites for hydroxylation is 1. The van der Waals surface area contributed by atoms with E-state index in [1.807, 2.05) is 30.3 Å². The van der Waals surface area contributed by atoms with Gasteiger partial charge in [-0.1, -0.05) is 27.7 Å². The van der Waals surface area contributed by atoms with Crippen molar-refractivity contribution in [2.45, 2.75) is 58.4 Å². The average molecular weight is 274 g/mol. The van der Waals surface area contributed by atoms with Crippen molar-refractivity contribution in [2.24, 2.45) is 7.05 Å². The molecule has 2 heterocycles. The minimum Gasteiger partial charge on any atom is -0.276 e. The topological polar surface area (TPSA) is 35.6 Å². The minimum absolute atomic E-state index is 0.596. The molecule has 2 aromatic heterocycles. The van der Waals surface area contributed by atoms with Crippen molar-refractivity contribution >= 4 is 0 Å². The normalized spacial score (nSPS) is 14.6. The third kappa shape index (κ3) is 3.95. The van der Waals surface area contributed by atoms with Gasteiger partial charge in [-0.2, -0.15) is 10.2 Å². The summed E-state index contributed by atoms with van der Waals surface area (Å²) in [4.78, 5) is 0. The van der Waals surface area contributed by atoms with E-state index in [1.165, 1.54) is 24.0 Å². The van der Waals surface area contributed by atoms with E-state index in [4.69, 9.17) is 0 Å². The number of aromatic nitrogens is 4. The third-order valence-corrected chi connectivity index (χ3v) is 3.60. The van der Waals surface area contributed by atoms with Gasteiger partial charge in [-0.3, -0.25) is 9.36 Å². The molecule has 0 aliphatic heterocycles. The van der Waals surface area contributed by atoms with Gasteiger partial charge in [-0.15, -0.1) is 0 Å². The summed E-state index contributed by atoms with van der Waals surface area (Å²) in [6.45, 7) is 8.73. The van der Waals surface area contributed by atoms with Crippen molar-refractivity contribution in [3.05, 3.63) is 35.9 Å². The maximum absolute atomic E-state index is 4.32. The summed E-state index contributed by atoms with van der Waals surface area (Å²) >= 11 is 0. The Bertz CT molecular complexity index is 516. The molecule has 3 rings (SSSR count). The van der Waals surface area contributed by atoms with E-state index >= 15 is 0 Å². The van der Waals surface area contributed by atoms with Crippen LogP contribution in [0, 0.1) is 0 Å². The predicted octanol–water partition coefficient (Wildman–Crippen LogP) is 3.88. The van der Waals surface area contributed by atoms with E-state index in [0.717, 1.165) is 6.04 Å². The average Bonchev–Trinajstić information content (AvgIpc) is 2.95. The van der Waals surface area contributed by atoms with Gasteiger partial charge in [-0.05, 0) is 35.8 Å². The van der Waals surface area contributed by atoms with Gasteiger partial charge in [0.25, 0.3) is 0 Å². The Morgan fingerprint density at radius 3 is 1.85 bits per heavy atom. The van der Waals surface area contributed by atoms with Crippen LogP contribution >= 0.6 is 0 Å². The van der Waals surface area contributed by atoms with Crippen LogP contribution in [0.2, 0.25) is 0 Å². The fourth-order valence-corrected chi connectivity index (χ4v) is 1.93. The highest BCUT2D eigenvalue weighted by molar-refractivity contribution is 5.10. The quantitative estimate of drug-likeness (QED) is 0.851. The summed E-state index contributed by atoms with van der Waals surface area (Å²) in [5, 5.41) is 8.37. The van der Waals surface area contributed by atoms with Gasteiger partial charge in [-0.25, -0.2) is 0 Å². The zero-order valence-corrected chi connectivity index (χ0v) is 13.2. The number of hydrogen-bond acceptors (Lipinski definition) is 2. The molecule has 0 aromatic carbocycles. The highest BCUT2D eigenvalue weighted by atomic mass is 15.3. The van der Waals surface area contributed by atoms with Crippen LogP contribution in [0.25, 0.3) is 0 Å². The molecule has 1 saturated carbocycles. The molecule has 2 aromatic rings. The van der Waals surface area contributed by atoms with Gasteiger partial charge in [0.05, 0.1) is 18.4 Å². The maximum atomic E-state index is 4.32. The molecule has 110 valence electrons. The number of nitrogens with zero attached hydrogens (tertiary/aromatic N) is 4. The first kappa shape index (κ1) is 14.8. The summed E-state index contributed by atoms with van der Waals surface area (Å²) in [7, 11) is 1.94. The van der Waals surface area contributed by atoms with Crippen LogP contribution in [0.15, 0.2) is 24.8 Å². The predicted molar refractivity (Wildman–Crippen MR) is 81.9 cm³/mol. The SMILES string of the molecule is CC(C)c1cnn(C)c1.CC(C)c1cnn(C2CC2)c1. The summed E-state index contributed by atoms with van der Waals surface area (Å²) < 4.78 is 3.94. The highest BCUT2D eigenvalue weighted by Crippen LogP contribution is 2.34. The smallest absolute Gasteiger partial charge is 0.0524 e. The number of hydrogen-bond donors (Lipinski definition) is 0. The first-order valence-electron chi connectivity index (χ1n) is 7.50. The standard InChI is InChI=1S/C9H14N2.C7H12N2/c1-7(2)8-5-10-11(6-8)9-3-4-9;1-6(2)7-4-8-9(3)5-7/h5-7,9H,3-4H2,1-2H3;4-6H,1-3H3. The van der Waals surface area contributed by atoms with Crippen molar-refractivity contribution < 1.29 is 0 Å². The Hall–Kier alpha value is -1.58. The van der Waals surface area contributed by atoms with Crippen molar-refractivity contribution in [1.82, 2.24) is 19.6 Å². The zero-order valence-electron chi connectivity index (χ0n) is 13.2. The second-order valence-corrected chi connectivity index (χ2v) is 6.24. The van der Waals surface area contributed by atoms with Crippen LogP contribution in [-0.2, 0) is 7.05 Å². The Morgan fingerprint density at radius 2 is 1.50 bits per heavy atom. The monoisotopic (exact) mass is 274 g/mol. The molecular weight excluding hydrogens is 248 g/mol. The molecule has 0 bridgehead atoms. The lowest BCUT2D eigenvalue weighted by Crippen LogP contribution is -1.92. The third-order valence-electron chi connectivity index (χ3n) is 3.60. The Balaban J connectivity index is 0.000000151. The molecule has 1 aliphatic rings. The molecule has 0 radical (unpaired) electrons. The first-order valence-corrected chi connectivity index (χ1v) is 7.50. The van der Waals surface area contributed by atoms with Crippen LogP contribution in [0.1, 0.15) is 69.5 Å². The molecule has 0 atom stereocenters. The van der Waals surface area contributed by atoms with Gasteiger partial charge >= 0.3 is 0 Å².